The van der Waals surface area contributed by atoms with Gasteiger partial charge in [0.2, 0.25) is 10.0 Å². The predicted molar refractivity (Wildman–Crippen MR) is 64.6 cm³/mol. The lowest BCUT2D eigenvalue weighted by molar-refractivity contribution is -0.155. The van der Waals surface area contributed by atoms with Crippen molar-refractivity contribution >= 4 is 16.0 Å². The lowest BCUT2D eigenvalue weighted by atomic mass is 10.1. The van der Waals surface area contributed by atoms with Crippen LogP contribution in [0.2, 0.25) is 0 Å². The fourth-order valence-corrected chi connectivity index (χ4v) is 2.24. The molecular weight excluding hydrogens is 258 g/mol. The van der Waals surface area contributed by atoms with Gasteiger partial charge in [0.15, 0.2) is 5.60 Å². The fourth-order valence-electron chi connectivity index (χ4n) is 1.11. The van der Waals surface area contributed by atoms with E-state index >= 15 is 0 Å². The van der Waals surface area contributed by atoms with Crippen LogP contribution in [0.3, 0.4) is 0 Å². The number of carboxylic acid groups (broad SMARTS) is 1. The number of benzene rings is 1. The minimum absolute atomic E-state index is 0.0225. The third kappa shape index (κ3) is 3.52. The second-order valence-corrected chi connectivity index (χ2v) is 5.98. The largest absolute Gasteiger partial charge is 0.479 e. The van der Waals surface area contributed by atoms with Gasteiger partial charge in [-0.3, -0.25) is 0 Å². The highest BCUT2D eigenvalue weighted by Gasteiger charge is 2.31. The van der Waals surface area contributed by atoms with E-state index < -0.39 is 28.1 Å². The Morgan fingerprint density at radius 1 is 1.33 bits per heavy atom. The Bertz CT molecular complexity index is 533. The van der Waals surface area contributed by atoms with Crippen molar-refractivity contribution in [2.75, 3.05) is 6.54 Å². The van der Waals surface area contributed by atoms with Gasteiger partial charge in [0.1, 0.15) is 0 Å². The minimum atomic E-state index is -3.82. The highest BCUT2D eigenvalue weighted by atomic mass is 32.2. The number of hydrogen-bond acceptors (Lipinski definition) is 4. The maximum Gasteiger partial charge on any atom is 0.336 e. The maximum absolute atomic E-state index is 11.8. The first kappa shape index (κ1) is 14.6. The van der Waals surface area contributed by atoms with Gasteiger partial charge in [-0.15, -0.1) is 0 Å². The Balaban J connectivity index is 2.84. The van der Waals surface area contributed by atoms with Crippen LogP contribution in [-0.4, -0.2) is 36.7 Å². The van der Waals surface area contributed by atoms with E-state index in [0.29, 0.717) is 0 Å². The predicted octanol–water partition coefficient (Wildman–Crippen LogP) is 0.109. The number of nitrogens with one attached hydrogen (secondary N) is 1. The van der Waals surface area contributed by atoms with Crippen molar-refractivity contribution < 1.29 is 23.4 Å². The topological polar surface area (TPSA) is 104 Å². The van der Waals surface area contributed by atoms with Gasteiger partial charge in [0.25, 0.3) is 0 Å². The summed E-state index contributed by atoms with van der Waals surface area (Å²) in [5.74, 6) is -1.49. The number of carboxylic acids is 1. The molecule has 1 aromatic rings. The molecule has 7 heteroatoms. The average Bonchev–Trinajstić information content (AvgIpc) is 2.27. The minimum Gasteiger partial charge on any atom is -0.479 e. The molecule has 0 aliphatic heterocycles. The molecule has 18 heavy (non-hydrogen) atoms. The zero-order chi connectivity index (χ0) is 14.0. The molecule has 0 radical (unpaired) electrons. The van der Waals surface area contributed by atoms with Gasteiger partial charge in [-0.25, -0.2) is 17.9 Å². The summed E-state index contributed by atoms with van der Waals surface area (Å²) in [7, 11) is -3.82. The van der Waals surface area contributed by atoms with Gasteiger partial charge >= 0.3 is 5.97 Å². The van der Waals surface area contributed by atoms with Crippen LogP contribution in [0.25, 0.3) is 0 Å². The molecule has 0 saturated carbocycles. The van der Waals surface area contributed by atoms with E-state index in [9.17, 15) is 18.3 Å². The van der Waals surface area contributed by atoms with Gasteiger partial charge in [-0.1, -0.05) is 17.7 Å². The normalized spacial score (nSPS) is 15.1. The van der Waals surface area contributed by atoms with Gasteiger partial charge in [0.05, 0.1) is 11.4 Å². The number of carbonyl (C=O) groups is 1. The van der Waals surface area contributed by atoms with Gasteiger partial charge in [-0.05, 0) is 26.0 Å². The molecule has 1 atom stereocenters. The van der Waals surface area contributed by atoms with E-state index in [1.165, 1.54) is 12.1 Å². The van der Waals surface area contributed by atoms with Gasteiger partial charge < -0.3 is 10.2 Å². The van der Waals surface area contributed by atoms with Crippen LogP contribution >= 0.6 is 0 Å². The van der Waals surface area contributed by atoms with Crippen LogP contribution in [-0.2, 0) is 14.8 Å². The van der Waals surface area contributed by atoms with Gasteiger partial charge in [0, 0.05) is 0 Å². The number of aryl methyl sites for hydroxylation is 1. The van der Waals surface area contributed by atoms with Crippen LogP contribution in [0.15, 0.2) is 29.2 Å². The highest BCUT2D eigenvalue weighted by Crippen LogP contribution is 2.11. The van der Waals surface area contributed by atoms with E-state index in [1.54, 1.807) is 12.1 Å². The van der Waals surface area contributed by atoms with Crippen molar-refractivity contribution in [3.05, 3.63) is 29.8 Å². The summed E-state index contributed by atoms with van der Waals surface area (Å²) in [5.41, 5.74) is -1.23. The van der Waals surface area contributed by atoms with Crippen molar-refractivity contribution in [1.29, 1.82) is 0 Å². The van der Waals surface area contributed by atoms with Crippen LogP contribution in [0.1, 0.15) is 12.5 Å². The molecule has 100 valence electrons. The fraction of sp³-hybridized carbons (Fsp3) is 0.364. The van der Waals surface area contributed by atoms with Gasteiger partial charge in [-0.2, -0.15) is 0 Å². The Hall–Kier alpha value is -1.44. The number of aliphatic hydroxyl groups is 1. The zero-order valence-corrected chi connectivity index (χ0v) is 10.9. The van der Waals surface area contributed by atoms with E-state index in [4.69, 9.17) is 5.11 Å². The Morgan fingerprint density at radius 3 is 2.28 bits per heavy atom. The molecule has 0 unspecified atom stereocenters. The number of hydrogen-bond donors (Lipinski definition) is 3. The second kappa shape index (κ2) is 5.05. The third-order valence-electron chi connectivity index (χ3n) is 2.40. The molecule has 0 aliphatic rings. The first-order valence-electron chi connectivity index (χ1n) is 5.17. The van der Waals surface area contributed by atoms with Crippen molar-refractivity contribution in [1.82, 2.24) is 4.72 Å². The summed E-state index contributed by atoms with van der Waals surface area (Å²) in [6.45, 7) is 2.24. The highest BCUT2D eigenvalue weighted by molar-refractivity contribution is 7.89. The zero-order valence-electron chi connectivity index (χ0n) is 10.0. The summed E-state index contributed by atoms with van der Waals surface area (Å²) < 4.78 is 25.7. The third-order valence-corrected chi connectivity index (χ3v) is 3.82. The molecule has 0 aliphatic carbocycles. The molecule has 3 N–H and O–H groups in total. The van der Waals surface area contributed by atoms with Crippen LogP contribution in [0, 0.1) is 6.92 Å². The number of sulfonamides is 1. The summed E-state index contributed by atoms with van der Waals surface area (Å²) in [4.78, 5) is 10.7. The van der Waals surface area contributed by atoms with E-state index in [1.807, 2.05) is 6.92 Å². The van der Waals surface area contributed by atoms with E-state index in [2.05, 4.69) is 4.72 Å². The Morgan fingerprint density at radius 2 is 1.83 bits per heavy atom. The van der Waals surface area contributed by atoms with Crippen molar-refractivity contribution in [2.45, 2.75) is 24.3 Å². The van der Waals surface area contributed by atoms with Crippen molar-refractivity contribution in [3.63, 3.8) is 0 Å². The van der Waals surface area contributed by atoms with Crippen molar-refractivity contribution in [2.24, 2.45) is 0 Å². The second-order valence-electron chi connectivity index (χ2n) is 4.22. The molecule has 6 nitrogen and oxygen atoms in total. The monoisotopic (exact) mass is 273 g/mol. The summed E-state index contributed by atoms with van der Waals surface area (Å²) >= 11 is 0. The molecule has 0 aromatic heterocycles. The first-order valence-corrected chi connectivity index (χ1v) is 6.65. The molecule has 0 spiro atoms. The molecule has 0 fully saturated rings. The Labute approximate surface area is 105 Å². The summed E-state index contributed by atoms with van der Waals surface area (Å²) in [6.07, 6.45) is 0. The number of rotatable bonds is 5. The summed E-state index contributed by atoms with van der Waals surface area (Å²) in [5, 5.41) is 18.1. The lowest BCUT2D eigenvalue weighted by Crippen LogP contribution is -2.46. The van der Waals surface area contributed by atoms with Crippen LogP contribution in [0.4, 0.5) is 0 Å². The maximum atomic E-state index is 11.8. The summed E-state index contributed by atoms with van der Waals surface area (Å²) in [6, 6.07) is 6.08. The average molecular weight is 273 g/mol. The van der Waals surface area contributed by atoms with E-state index in [-0.39, 0.29) is 4.90 Å². The molecule has 1 rings (SSSR count). The first-order chi connectivity index (χ1) is 8.15. The van der Waals surface area contributed by atoms with Crippen LogP contribution in [0.5, 0.6) is 0 Å². The molecule has 0 heterocycles. The standard InChI is InChI=1S/C11H15NO5S/c1-8-3-5-9(6-4-8)18(16,17)12-7-11(2,15)10(13)14/h3-6,12,15H,7H2,1-2H3,(H,13,14)/t11-/m0/s1. The molecule has 1 aromatic carbocycles. The quantitative estimate of drug-likeness (QED) is 0.706. The molecular formula is C11H15NO5S. The molecule has 0 saturated heterocycles. The smallest absolute Gasteiger partial charge is 0.336 e. The molecule has 0 bridgehead atoms. The SMILES string of the molecule is Cc1ccc(S(=O)(=O)NC[C@](C)(O)C(=O)O)cc1. The number of aliphatic carboxylic acids is 1. The Kier molecular flexibility index (Phi) is 4.10. The van der Waals surface area contributed by atoms with Crippen molar-refractivity contribution in [3.8, 4) is 0 Å². The van der Waals surface area contributed by atoms with Crippen LogP contribution < -0.4 is 4.72 Å². The lowest BCUT2D eigenvalue weighted by Gasteiger charge is -2.18. The van der Waals surface area contributed by atoms with E-state index in [0.717, 1.165) is 12.5 Å². The molecule has 0 amide bonds.